The number of anilines is 1. The molecule has 0 saturated heterocycles. The van der Waals surface area contributed by atoms with Gasteiger partial charge in [-0.1, -0.05) is 30.3 Å². The van der Waals surface area contributed by atoms with Crippen LogP contribution in [0.4, 0.5) is 5.82 Å². The molecule has 3 aromatic rings. The Morgan fingerprint density at radius 2 is 1.94 bits per heavy atom. The van der Waals surface area contributed by atoms with Crippen LogP contribution in [0.25, 0.3) is 10.1 Å². The van der Waals surface area contributed by atoms with Crippen LogP contribution in [-0.2, 0) is 6.61 Å². The van der Waals surface area contributed by atoms with Gasteiger partial charge in [-0.3, -0.25) is 0 Å². The molecule has 0 aliphatic heterocycles. The predicted molar refractivity (Wildman–Crippen MR) is 74.8 cm³/mol. The molecule has 90 valence electrons. The number of nitrogens with two attached hydrogens (primary N) is 1. The monoisotopic (exact) mass is 256 g/mol. The lowest BCUT2D eigenvalue weighted by atomic mass is 10.2. The van der Waals surface area contributed by atoms with Gasteiger partial charge in [0.25, 0.3) is 0 Å². The molecule has 3 nitrogen and oxygen atoms in total. The Bertz CT molecular complexity index is 664. The first kappa shape index (κ1) is 11.0. The minimum absolute atomic E-state index is 0.570. The first-order valence-electron chi connectivity index (χ1n) is 5.64. The first-order valence-corrected chi connectivity index (χ1v) is 6.42. The second-order valence-electron chi connectivity index (χ2n) is 4.00. The molecule has 0 fully saturated rings. The van der Waals surface area contributed by atoms with Crippen molar-refractivity contribution < 1.29 is 4.74 Å². The summed E-state index contributed by atoms with van der Waals surface area (Å²) in [5, 5.41) is 0.993. The van der Waals surface area contributed by atoms with E-state index < -0.39 is 0 Å². The normalized spacial score (nSPS) is 10.7. The fourth-order valence-corrected chi connectivity index (χ4v) is 2.50. The second kappa shape index (κ2) is 4.66. The van der Waals surface area contributed by atoms with E-state index in [-0.39, 0.29) is 0 Å². The van der Waals surface area contributed by atoms with Crippen LogP contribution in [0.1, 0.15) is 5.56 Å². The largest absolute Gasteiger partial charge is 0.489 e. The first-order chi connectivity index (χ1) is 8.83. The van der Waals surface area contributed by atoms with E-state index in [2.05, 4.69) is 4.37 Å². The molecule has 0 aliphatic rings. The van der Waals surface area contributed by atoms with Gasteiger partial charge in [-0.25, -0.2) is 0 Å². The fraction of sp³-hybridized carbons (Fsp3) is 0.0714. The van der Waals surface area contributed by atoms with E-state index >= 15 is 0 Å². The zero-order valence-electron chi connectivity index (χ0n) is 9.67. The number of hydrogen-bond acceptors (Lipinski definition) is 4. The van der Waals surface area contributed by atoms with Gasteiger partial charge in [-0.2, -0.15) is 4.37 Å². The minimum Gasteiger partial charge on any atom is -0.489 e. The molecule has 0 saturated carbocycles. The molecular weight excluding hydrogens is 244 g/mol. The lowest BCUT2D eigenvalue weighted by Crippen LogP contribution is -1.94. The number of benzene rings is 2. The van der Waals surface area contributed by atoms with Crippen molar-refractivity contribution in [3.05, 3.63) is 54.1 Å². The van der Waals surface area contributed by atoms with Crippen LogP contribution in [0, 0.1) is 0 Å². The Morgan fingerprint density at radius 1 is 1.11 bits per heavy atom. The molecule has 2 N–H and O–H groups in total. The number of hydrogen-bond donors (Lipinski definition) is 1. The molecule has 4 heteroatoms. The molecule has 18 heavy (non-hydrogen) atoms. The molecule has 3 rings (SSSR count). The smallest absolute Gasteiger partial charge is 0.144 e. The van der Waals surface area contributed by atoms with Crippen molar-refractivity contribution in [1.29, 1.82) is 0 Å². The maximum Gasteiger partial charge on any atom is 0.144 e. The number of nitrogens with zero attached hydrogens (tertiary/aromatic N) is 1. The molecule has 0 unspecified atom stereocenters. The van der Waals surface area contributed by atoms with E-state index in [0.717, 1.165) is 21.4 Å². The highest BCUT2D eigenvalue weighted by Crippen LogP contribution is 2.28. The Balaban J connectivity index is 1.79. The molecule has 0 spiro atoms. The SMILES string of the molecule is Nc1nsc2cc(OCc3ccccc3)ccc12. The Labute approximate surface area is 109 Å². The maximum absolute atomic E-state index is 5.75. The van der Waals surface area contributed by atoms with Crippen LogP contribution in [0.5, 0.6) is 5.75 Å². The van der Waals surface area contributed by atoms with Crippen LogP contribution < -0.4 is 10.5 Å². The van der Waals surface area contributed by atoms with Gasteiger partial charge in [-0.05, 0) is 35.3 Å². The summed E-state index contributed by atoms with van der Waals surface area (Å²) >= 11 is 1.39. The number of nitrogen functional groups attached to an aromatic ring is 1. The summed E-state index contributed by atoms with van der Waals surface area (Å²) < 4.78 is 10.9. The van der Waals surface area contributed by atoms with E-state index in [0.29, 0.717) is 12.4 Å². The summed E-state index contributed by atoms with van der Waals surface area (Å²) in [6.07, 6.45) is 0. The van der Waals surface area contributed by atoms with E-state index in [9.17, 15) is 0 Å². The van der Waals surface area contributed by atoms with Gasteiger partial charge >= 0.3 is 0 Å². The number of rotatable bonds is 3. The van der Waals surface area contributed by atoms with Crippen LogP contribution in [0.2, 0.25) is 0 Å². The van der Waals surface area contributed by atoms with Crippen molar-refractivity contribution in [3.8, 4) is 5.75 Å². The van der Waals surface area contributed by atoms with E-state index in [1.165, 1.54) is 11.5 Å². The van der Waals surface area contributed by atoms with Gasteiger partial charge in [0.05, 0.1) is 4.70 Å². The van der Waals surface area contributed by atoms with Gasteiger partial charge in [0.15, 0.2) is 0 Å². The summed E-state index contributed by atoms with van der Waals surface area (Å²) in [5.74, 6) is 1.43. The minimum atomic E-state index is 0.570. The summed E-state index contributed by atoms with van der Waals surface area (Å²) in [4.78, 5) is 0. The molecule has 0 atom stereocenters. The van der Waals surface area contributed by atoms with Crippen molar-refractivity contribution in [3.63, 3.8) is 0 Å². The second-order valence-corrected chi connectivity index (χ2v) is 4.81. The lowest BCUT2D eigenvalue weighted by molar-refractivity contribution is 0.306. The summed E-state index contributed by atoms with van der Waals surface area (Å²) in [7, 11) is 0. The Hall–Kier alpha value is -2.07. The molecule has 0 radical (unpaired) electrons. The van der Waals surface area contributed by atoms with Gasteiger partial charge in [0.1, 0.15) is 18.2 Å². The van der Waals surface area contributed by atoms with Crippen LogP contribution in [0.3, 0.4) is 0 Å². The molecule has 0 aliphatic carbocycles. The number of fused-ring (bicyclic) bond motifs is 1. The third-order valence-corrected chi connectivity index (χ3v) is 3.54. The van der Waals surface area contributed by atoms with Crippen molar-refractivity contribution >= 4 is 27.4 Å². The van der Waals surface area contributed by atoms with Crippen LogP contribution >= 0.6 is 11.5 Å². The van der Waals surface area contributed by atoms with Crippen molar-refractivity contribution in [2.24, 2.45) is 0 Å². The molecule has 1 aromatic heterocycles. The summed E-state index contributed by atoms with van der Waals surface area (Å²) in [6.45, 7) is 0.570. The zero-order valence-corrected chi connectivity index (χ0v) is 10.5. The molecule has 2 aromatic carbocycles. The quantitative estimate of drug-likeness (QED) is 0.780. The van der Waals surface area contributed by atoms with E-state index in [1.807, 2.05) is 48.5 Å². The summed E-state index contributed by atoms with van der Waals surface area (Å²) in [5.41, 5.74) is 6.90. The fourth-order valence-electron chi connectivity index (χ4n) is 1.77. The van der Waals surface area contributed by atoms with Crippen molar-refractivity contribution in [2.75, 3.05) is 5.73 Å². The van der Waals surface area contributed by atoms with Gasteiger partial charge in [0.2, 0.25) is 0 Å². The molecular formula is C14H12N2OS. The third kappa shape index (κ3) is 2.15. The zero-order chi connectivity index (χ0) is 12.4. The molecule has 1 heterocycles. The molecule has 0 amide bonds. The van der Waals surface area contributed by atoms with Gasteiger partial charge in [-0.15, -0.1) is 0 Å². The standard InChI is InChI=1S/C14H12N2OS/c15-14-12-7-6-11(8-13(12)18-16-14)17-9-10-4-2-1-3-5-10/h1-8H,9H2,(H2,15,16). The Kier molecular flexibility index (Phi) is 2.86. The van der Waals surface area contributed by atoms with Crippen LogP contribution in [-0.4, -0.2) is 4.37 Å². The highest BCUT2D eigenvalue weighted by molar-refractivity contribution is 7.13. The van der Waals surface area contributed by atoms with Crippen LogP contribution in [0.15, 0.2) is 48.5 Å². The summed E-state index contributed by atoms with van der Waals surface area (Å²) in [6, 6.07) is 16.0. The van der Waals surface area contributed by atoms with Gasteiger partial charge in [0, 0.05) is 5.39 Å². The highest BCUT2D eigenvalue weighted by Gasteiger charge is 2.04. The molecule has 0 bridgehead atoms. The van der Waals surface area contributed by atoms with E-state index in [1.54, 1.807) is 0 Å². The van der Waals surface area contributed by atoms with Gasteiger partial charge < -0.3 is 10.5 Å². The Morgan fingerprint density at radius 3 is 2.78 bits per heavy atom. The average molecular weight is 256 g/mol. The van der Waals surface area contributed by atoms with Crippen molar-refractivity contribution in [1.82, 2.24) is 4.37 Å². The predicted octanol–water partition coefficient (Wildman–Crippen LogP) is 3.46. The highest BCUT2D eigenvalue weighted by atomic mass is 32.1. The van der Waals surface area contributed by atoms with E-state index in [4.69, 9.17) is 10.5 Å². The lowest BCUT2D eigenvalue weighted by Gasteiger charge is -2.05. The number of aromatic nitrogens is 1. The third-order valence-electron chi connectivity index (χ3n) is 2.72. The average Bonchev–Trinajstić information content (AvgIpc) is 2.79. The van der Waals surface area contributed by atoms with Crippen molar-refractivity contribution in [2.45, 2.75) is 6.61 Å². The number of ether oxygens (including phenoxy) is 1. The topological polar surface area (TPSA) is 48.1 Å². The maximum atomic E-state index is 5.75.